The first-order chi connectivity index (χ1) is 7.19. The van der Waals surface area contributed by atoms with Crippen LogP contribution in [0.4, 0.5) is 5.69 Å². The summed E-state index contributed by atoms with van der Waals surface area (Å²) in [5.74, 6) is -0.616. The van der Waals surface area contributed by atoms with Gasteiger partial charge >= 0.3 is 5.97 Å². The highest BCUT2D eigenvalue weighted by molar-refractivity contribution is 5.76. The molecule has 82 valence electrons. The molecule has 1 atom stereocenters. The topological polar surface area (TPSA) is 58.6 Å². The van der Waals surface area contributed by atoms with Crippen LogP contribution in [0.2, 0.25) is 0 Å². The van der Waals surface area contributed by atoms with Gasteiger partial charge in [0, 0.05) is 12.7 Å². The molecule has 1 aromatic carbocycles. The Hall–Kier alpha value is -1.55. The number of carbonyl (C=O) groups is 1. The molecule has 0 fully saturated rings. The Morgan fingerprint density at radius 2 is 2.07 bits per heavy atom. The van der Waals surface area contributed by atoms with Crippen molar-refractivity contribution in [2.24, 2.45) is 0 Å². The molecule has 0 aliphatic carbocycles. The fourth-order valence-electron chi connectivity index (χ4n) is 1.19. The van der Waals surface area contributed by atoms with Gasteiger partial charge in [0.1, 0.15) is 0 Å². The minimum Gasteiger partial charge on any atom is -0.464 e. The lowest BCUT2D eigenvalue weighted by Crippen LogP contribution is -2.15. The Balaban J connectivity index is 2.73. The maximum Gasteiger partial charge on any atom is 0.339 e. The quantitative estimate of drug-likeness (QED) is 0.734. The van der Waals surface area contributed by atoms with E-state index in [0.717, 1.165) is 5.69 Å². The standard InChI is InChI=1S/C11H15NO3/c1-3-15-11(14)10(13)8-4-6-9(12-2)7-5-8/h4-7,10,12-13H,3H2,1-2H3/t10-/m1/s1. The summed E-state index contributed by atoms with van der Waals surface area (Å²) in [6, 6.07) is 6.95. The van der Waals surface area contributed by atoms with E-state index in [-0.39, 0.29) is 6.61 Å². The van der Waals surface area contributed by atoms with Gasteiger partial charge in [-0.3, -0.25) is 0 Å². The Morgan fingerprint density at radius 1 is 1.47 bits per heavy atom. The van der Waals surface area contributed by atoms with Crippen LogP contribution in [0.1, 0.15) is 18.6 Å². The molecule has 0 unspecified atom stereocenters. The van der Waals surface area contributed by atoms with Crippen LogP contribution >= 0.6 is 0 Å². The normalized spacial score (nSPS) is 11.9. The average Bonchev–Trinajstić information content (AvgIpc) is 2.28. The van der Waals surface area contributed by atoms with E-state index in [0.29, 0.717) is 5.56 Å². The predicted octanol–water partition coefficient (Wildman–Crippen LogP) is 1.32. The molecule has 0 aliphatic rings. The van der Waals surface area contributed by atoms with Crippen LogP contribution in [-0.4, -0.2) is 24.7 Å². The summed E-state index contributed by atoms with van der Waals surface area (Å²) >= 11 is 0. The number of hydrogen-bond acceptors (Lipinski definition) is 4. The molecule has 0 spiro atoms. The lowest BCUT2D eigenvalue weighted by atomic mass is 10.1. The van der Waals surface area contributed by atoms with E-state index >= 15 is 0 Å². The van der Waals surface area contributed by atoms with Gasteiger partial charge in [0.15, 0.2) is 6.10 Å². The molecule has 0 bridgehead atoms. The number of ether oxygens (including phenoxy) is 1. The van der Waals surface area contributed by atoms with Crippen molar-refractivity contribution in [3.8, 4) is 0 Å². The van der Waals surface area contributed by atoms with Crippen LogP contribution < -0.4 is 5.32 Å². The summed E-state index contributed by atoms with van der Waals surface area (Å²) in [4.78, 5) is 11.2. The number of aliphatic hydroxyl groups is 1. The molecule has 0 radical (unpaired) electrons. The van der Waals surface area contributed by atoms with Crippen molar-refractivity contribution in [3.63, 3.8) is 0 Å². The molecule has 0 amide bonds. The van der Waals surface area contributed by atoms with E-state index in [1.807, 2.05) is 0 Å². The molecular formula is C11H15NO3. The third kappa shape index (κ3) is 2.95. The zero-order valence-electron chi connectivity index (χ0n) is 8.86. The van der Waals surface area contributed by atoms with Crippen LogP contribution in [-0.2, 0) is 9.53 Å². The summed E-state index contributed by atoms with van der Waals surface area (Å²) < 4.78 is 4.71. The molecule has 0 heterocycles. The summed E-state index contributed by atoms with van der Waals surface area (Å²) in [6.07, 6.45) is -1.20. The van der Waals surface area contributed by atoms with Crippen molar-refractivity contribution in [2.75, 3.05) is 19.0 Å². The Labute approximate surface area is 88.9 Å². The maximum atomic E-state index is 11.2. The summed E-state index contributed by atoms with van der Waals surface area (Å²) in [5.41, 5.74) is 1.46. The van der Waals surface area contributed by atoms with E-state index in [1.54, 1.807) is 38.2 Å². The molecule has 4 nitrogen and oxygen atoms in total. The molecule has 0 saturated carbocycles. The van der Waals surface area contributed by atoms with Crippen LogP contribution in [0, 0.1) is 0 Å². The highest BCUT2D eigenvalue weighted by atomic mass is 16.5. The van der Waals surface area contributed by atoms with E-state index in [1.165, 1.54) is 0 Å². The van der Waals surface area contributed by atoms with Gasteiger partial charge < -0.3 is 15.2 Å². The Morgan fingerprint density at radius 3 is 2.53 bits per heavy atom. The van der Waals surface area contributed by atoms with Crippen molar-refractivity contribution >= 4 is 11.7 Å². The Kier molecular flexibility index (Phi) is 4.12. The first-order valence-corrected chi connectivity index (χ1v) is 4.81. The predicted molar refractivity (Wildman–Crippen MR) is 57.6 cm³/mol. The van der Waals surface area contributed by atoms with Gasteiger partial charge in [-0.15, -0.1) is 0 Å². The van der Waals surface area contributed by atoms with Gasteiger partial charge in [0.2, 0.25) is 0 Å². The number of anilines is 1. The van der Waals surface area contributed by atoms with Crippen molar-refractivity contribution in [3.05, 3.63) is 29.8 Å². The van der Waals surface area contributed by atoms with Gasteiger partial charge in [-0.1, -0.05) is 12.1 Å². The number of nitrogens with one attached hydrogen (secondary N) is 1. The zero-order chi connectivity index (χ0) is 11.3. The number of hydrogen-bond donors (Lipinski definition) is 2. The largest absolute Gasteiger partial charge is 0.464 e. The van der Waals surface area contributed by atoms with Crippen LogP contribution in [0.15, 0.2) is 24.3 Å². The highest BCUT2D eigenvalue weighted by Crippen LogP contribution is 2.17. The molecule has 0 saturated heterocycles. The van der Waals surface area contributed by atoms with E-state index in [2.05, 4.69) is 5.32 Å². The van der Waals surface area contributed by atoms with Crippen LogP contribution in [0.25, 0.3) is 0 Å². The molecule has 0 aliphatic heterocycles. The second kappa shape index (κ2) is 5.36. The first kappa shape index (κ1) is 11.5. The maximum absolute atomic E-state index is 11.2. The lowest BCUT2D eigenvalue weighted by Gasteiger charge is -2.10. The molecule has 4 heteroatoms. The van der Waals surface area contributed by atoms with Crippen molar-refractivity contribution in [2.45, 2.75) is 13.0 Å². The van der Waals surface area contributed by atoms with E-state index in [4.69, 9.17) is 4.74 Å². The molecular weight excluding hydrogens is 194 g/mol. The molecule has 1 rings (SSSR count). The lowest BCUT2D eigenvalue weighted by molar-refractivity contribution is -0.153. The minimum atomic E-state index is -1.20. The highest BCUT2D eigenvalue weighted by Gasteiger charge is 2.17. The molecule has 1 aromatic rings. The van der Waals surface area contributed by atoms with Gasteiger partial charge in [-0.25, -0.2) is 4.79 Å². The summed E-state index contributed by atoms with van der Waals surface area (Å²) in [6.45, 7) is 1.97. The summed E-state index contributed by atoms with van der Waals surface area (Å²) in [5, 5.41) is 12.5. The van der Waals surface area contributed by atoms with Gasteiger partial charge in [0.05, 0.1) is 6.61 Å². The van der Waals surface area contributed by atoms with Crippen LogP contribution in [0.3, 0.4) is 0 Å². The first-order valence-electron chi connectivity index (χ1n) is 4.81. The molecule has 2 N–H and O–H groups in total. The van der Waals surface area contributed by atoms with Crippen LogP contribution in [0.5, 0.6) is 0 Å². The minimum absolute atomic E-state index is 0.268. The van der Waals surface area contributed by atoms with E-state index < -0.39 is 12.1 Å². The van der Waals surface area contributed by atoms with Gasteiger partial charge in [-0.2, -0.15) is 0 Å². The molecule has 0 aromatic heterocycles. The third-order valence-corrected chi connectivity index (χ3v) is 2.02. The Bertz CT molecular complexity index is 321. The number of rotatable bonds is 4. The second-order valence-electron chi connectivity index (χ2n) is 3.03. The number of aliphatic hydroxyl groups excluding tert-OH is 1. The second-order valence-corrected chi connectivity index (χ2v) is 3.03. The van der Waals surface area contributed by atoms with Gasteiger partial charge in [0.25, 0.3) is 0 Å². The van der Waals surface area contributed by atoms with Crippen molar-refractivity contribution < 1.29 is 14.6 Å². The van der Waals surface area contributed by atoms with Crippen molar-refractivity contribution in [1.29, 1.82) is 0 Å². The molecule has 15 heavy (non-hydrogen) atoms. The smallest absolute Gasteiger partial charge is 0.339 e. The number of carbonyl (C=O) groups excluding carboxylic acids is 1. The fourth-order valence-corrected chi connectivity index (χ4v) is 1.19. The van der Waals surface area contributed by atoms with Crippen molar-refractivity contribution in [1.82, 2.24) is 0 Å². The average molecular weight is 209 g/mol. The van der Waals surface area contributed by atoms with Gasteiger partial charge in [-0.05, 0) is 24.6 Å². The fraction of sp³-hybridized carbons (Fsp3) is 0.364. The van der Waals surface area contributed by atoms with E-state index in [9.17, 15) is 9.90 Å². The zero-order valence-corrected chi connectivity index (χ0v) is 8.86. The number of benzene rings is 1. The summed E-state index contributed by atoms with van der Waals surface area (Å²) in [7, 11) is 1.80. The number of esters is 1. The SMILES string of the molecule is CCOC(=O)[C@H](O)c1ccc(NC)cc1. The monoisotopic (exact) mass is 209 g/mol. The third-order valence-electron chi connectivity index (χ3n) is 2.02.